The summed E-state index contributed by atoms with van der Waals surface area (Å²) in [5.74, 6) is 0.0556. The molecule has 1 aliphatic heterocycles. The quantitative estimate of drug-likeness (QED) is 0.836. The SMILES string of the molecule is CCCN1CCC(NC(=O)c2ccc(CBr)cc2)CC1. The summed E-state index contributed by atoms with van der Waals surface area (Å²) in [6.07, 6.45) is 3.33. The van der Waals surface area contributed by atoms with Gasteiger partial charge < -0.3 is 10.2 Å². The number of hydrogen-bond acceptors (Lipinski definition) is 2. The molecule has 1 aliphatic rings. The molecular weight excluding hydrogens is 316 g/mol. The highest BCUT2D eigenvalue weighted by molar-refractivity contribution is 9.08. The molecule has 1 N–H and O–H groups in total. The maximum Gasteiger partial charge on any atom is 0.251 e. The Morgan fingerprint density at radius 2 is 1.95 bits per heavy atom. The van der Waals surface area contributed by atoms with Crippen molar-refractivity contribution in [1.82, 2.24) is 10.2 Å². The van der Waals surface area contributed by atoms with E-state index in [0.29, 0.717) is 6.04 Å². The summed E-state index contributed by atoms with van der Waals surface area (Å²) in [6.45, 7) is 5.59. The average Bonchev–Trinajstić information content (AvgIpc) is 2.49. The number of rotatable bonds is 5. The molecule has 4 heteroatoms. The van der Waals surface area contributed by atoms with E-state index >= 15 is 0 Å². The Kier molecular flexibility index (Phi) is 6.05. The van der Waals surface area contributed by atoms with Crippen LogP contribution in [0.5, 0.6) is 0 Å². The van der Waals surface area contributed by atoms with Crippen molar-refractivity contribution in [3.05, 3.63) is 35.4 Å². The second-order valence-electron chi connectivity index (χ2n) is 5.42. The molecule has 2 rings (SSSR count). The van der Waals surface area contributed by atoms with Gasteiger partial charge in [-0.1, -0.05) is 35.0 Å². The summed E-state index contributed by atoms with van der Waals surface area (Å²) in [6, 6.07) is 8.11. The van der Waals surface area contributed by atoms with E-state index < -0.39 is 0 Å². The van der Waals surface area contributed by atoms with Crippen LogP contribution in [0.4, 0.5) is 0 Å². The number of likely N-dealkylation sites (tertiary alicyclic amines) is 1. The van der Waals surface area contributed by atoms with E-state index in [-0.39, 0.29) is 5.91 Å². The zero-order valence-corrected chi connectivity index (χ0v) is 13.7. The Balaban J connectivity index is 1.82. The summed E-state index contributed by atoms with van der Waals surface area (Å²) in [4.78, 5) is 14.7. The first-order valence-corrected chi connectivity index (χ1v) is 8.53. The van der Waals surface area contributed by atoms with Crippen LogP contribution in [0.15, 0.2) is 24.3 Å². The van der Waals surface area contributed by atoms with Gasteiger partial charge in [-0.25, -0.2) is 0 Å². The van der Waals surface area contributed by atoms with Gasteiger partial charge in [0, 0.05) is 30.0 Å². The van der Waals surface area contributed by atoms with Gasteiger partial charge >= 0.3 is 0 Å². The zero-order valence-electron chi connectivity index (χ0n) is 12.1. The third-order valence-electron chi connectivity index (χ3n) is 3.83. The maximum atomic E-state index is 12.2. The molecule has 1 aromatic rings. The molecule has 3 nitrogen and oxygen atoms in total. The van der Waals surface area contributed by atoms with Gasteiger partial charge in [-0.3, -0.25) is 4.79 Å². The number of piperidine rings is 1. The molecular formula is C16H23BrN2O. The van der Waals surface area contributed by atoms with Gasteiger partial charge in [0.15, 0.2) is 0 Å². The van der Waals surface area contributed by atoms with E-state index in [1.165, 1.54) is 18.5 Å². The van der Waals surface area contributed by atoms with Crippen LogP contribution in [0.1, 0.15) is 42.1 Å². The largest absolute Gasteiger partial charge is 0.349 e. The fraction of sp³-hybridized carbons (Fsp3) is 0.562. The third kappa shape index (κ3) is 4.32. The van der Waals surface area contributed by atoms with Crippen LogP contribution in [-0.4, -0.2) is 36.5 Å². The molecule has 0 unspecified atom stereocenters. The van der Waals surface area contributed by atoms with Crippen molar-refractivity contribution in [2.24, 2.45) is 0 Å². The second-order valence-corrected chi connectivity index (χ2v) is 5.98. The minimum absolute atomic E-state index is 0.0556. The minimum Gasteiger partial charge on any atom is -0.349 e. The van der Waals surface area contributed by atoms with Crippen molar-refractivity contribution in [1.29, 1.82) is 0 Å². The van der Waals surface area contributed by atoms with Crippen LogP contribution in [0.3, 0.4) is 0 Å². The lowest BCUT2D eigenvalue weighted by Crippen LogP contribution is -2.44. The van der Waals surface area contributed by atoms with E-state index in [9.17, 15) is 4.79 Å². The van der Waals surface area contributed by atoms with Gasteiger partial charge in [-0.05, 0) is 43.5 Å². The van der Waals surface area contributed by atoms with Crippen molar-refractivity contribution in [2.75, 3.05) is 19.6 Å². The number of carbonyl (C=O) groups excluding carboxylic acids is 1. The number of alkyl halides is 1. The molecule has 110 valence electrons. The van der Waals surface area contributed by atoms with E-state index in [4.69, 9.17) is 0 Å². The number of carbonyl (C=O) groups is 1. The molecule has 0 spiro atoms. The van der Waals surface area contributed by atoms with Crippen LogP contribution in [-0.2, 0) is 5.33 Å². The molecule has 0 aliphatic carbocycles. The number of nitrogens with one attached hydrogen (secondary N) is 1. The van der Waals surface area contributed by atoms with Crippen LogP contribution >= 0.6 is 15.9 Å². The zero-order chi connectivity index (χ0) is 14.4. The first-order valence-electron chi connectivity index (χ1n) is 7.41. The molecule has 0 bridgehead atoms. The Morgan fingerprint density at radius 1 is 1.30 bits per heavy atom. The van der Waals surface area contributed by atoms with E-state index in [2.05, 4.69) is 33.1 Å². The first-order chi connectivity index (χ1) is 9.72. The summed E-state index contributed by atoms with van der Waals surface area (Å²) in [5.41, 5.74) is 1.94. The lowest BCUT2D eigenvalue weighted by Gasteiger charge is -2.32. The molecule has 0 atom stereocenters. The average molecular weight is 339 g/mol. The van der Waals surface area contributed by atoms with Crippen molar-refractivity contribution in [3.63, 3.8) is 0 Å². The number of amides is 1. The van der Waals surface area contributed by atoms with Gasteiger partial charge in [0.25, 0.3) is 5.91 Å². The van der Waals surface area contributed by atoms with Crippen LogP contribution < -0.4 is 5.32 Å². The van der Waals surface area contributed by atoms with Crippen LogP contribution in [0.25, 0.3) is 0 Å². The fourth-order valence-electron chi connectivity index (χ4n) is 2.63. The number of benzene rings is 1. The molecule has 1 saturated heterocycles. The van der Waals surface area contributed by atoms with E-state index in [1.54, 1.807) is 0 Å². The number of nitrogens with zero attached hydrogens (tertiary/aromatic N) is 1. The van der Waals surface area contributed by atoms with Gasteiger partial charge in [0.2, 0.25) is 0 Å². The molecule has 1 amide bonds. The Labute approximate surface area is 129 Å². The normalized spacial score (nSPS) is 17.1. The molecule has 1 fully saturated rings. The predicted octanol–water partition coefficient (Wildman–Crippen LogP) is 3.19. The molecule has 0 saturated carbocycles. The second kappa shape index (κ2) is 7.79. The third-order valence-corrected chi connectivity index (χ3v) is 4.48. The fourth-order valence-corrected chi connectivity index (χ4v) is 3.00. The lowest BCUT2D eigenvalue weighted by molar-refractivity contribution is 0.0911. The van der Waals surface area contributed by atoms with E-state index in [1.807, 2.05) is 24.3 Å². The molecule has 1 aromatic carbocycles. The monoisotopic (exact) mass is 338 g/mol. The topological polar surface area (TPSA) is 32.3 Å². The van der Waals surface area contributed by atoms with Gasteiger partial charge in [-0.2, -0.15) is 0 Å². The molecule has 1 heterocycles. The van der Waals surface area contributed by atoms with Crippen molar-refractivity contribution in [3.8, 4) is 0 Å². The lowest BCUT2D eigenvalue weighted by atomic mass is 10.0. The van der Waals surface area contributed by atoms with Crippen LogP contribution in [0.2, 0.25) is 0 Å². The standard InChI is InChI=1S/C16H23BrN2O/c1-2-9-19-10-7-15(8-11-19)18-16(20)14-5-3-13(12-17)4-6-14/h3-6,15H,2,7-12H2,1H3,(H,18,20). The van der Waals surface area contributed by atoms with Crippen molar-refractivity contribution in [2.45, 2.75) is 37.6 Å². The summed E-state index contributed by atoms with van der Waals surface area (Å²) >= 11 is 3.41. The van der Waals surface area contributed by atoms with Gasteiger partial charge in [0.1, 0.15) is 0 Å². The molecule has 20 heavy (non-hydrogen) atoms. The van der Waals surface area contributed by atoms with Crippen LogP contribution in [0, 0.1) is 0 Å². The minimum atomic E-state index is 0.0556. The highest BCUT2D eigenvalue weighted by Crippen LogP contribution is 2.12. The number of halogens is 1. The summed E-state index contributed by atoms with van der Waals surface area (Å²) in [5, 5.41) is 3.98. The molecule has 0 radical (unpaired) electrons. The predicted molar refractivity (Wildman–Crippen MR) is 86.3 cm³/mol. The van der Waals surface area contributed by atoms with Crippen molar-refractivity contribution < 1.29 is 4.79 Å². The Morgan fingerprint density at radius 3 is 2.50 bits per heavy atom. The van der Waals surface area contributed by atoms with Crippen molar-refractivity contribution >= 4 is 21.8 Å². The Hall–Kier alpha value is -0.870. The van der Waals surface area contributed by atoms with E-state index in [0.717, 1.165) is 36.8 Å². The summed E-state index contributed by atoms with van der Waals surface area (Å²) in [7, 11) is 0. The highest BCUT2D eigenvalue weighted by atomic mass is 79.9. The highest BCUT2D eigenvalue weighted by Gasteiger charge is 2.20. The summed E-state index contributed by atoms with van der Waals surface area (Å²) < 4.78 is 0. The van der Waals surface area contributed by atoms with Gasteiger partial charge in [-0.15, -0.1) is 0 Å². The first kappa shape index (κ1) is 15.5. The van der Waals surface area contributed by atoms with Gasteiger partial charge in [0.05, 0.1) is 0 Å². The maximum absolute atomic E-state index is 12.2. The smallest absolute Gasteiger partial charge is 0.251 e. The Bertz CT molecular complexity index is 425. The molecule has 0 aromatic heterocycles. The number of hydrogen-bond donors (Lipinski definition) is 1.